The Hall–Kier alpha value is -4.76. The Kier molecular flexibility index (Phi) is 5.36. The zero-order valence-corrected chi connectivity index (χ0v) is 18.8. The summed E-state index contributed by atoms with van der Waals surface area (Å²) in [5.74, 6) is 0. The Labute approximate surface area is 196 Å². The number of rotatable bonds is 4. The highest BCUT2D eigenvalue weighted by molar-refractivity contribution is 6.21. The summed E-state index contributed by atoms with van der Waals surface area (Å²) in [7, 11) is 0. The first-order valence-electron chi connectivity index (χ1n) is 10.9. The van der Waals surface area contributed by atoms with Crippen LogP contribution < -0.4 is 0 Å². The lowest BCUT2D eigenvalue weighted by Crippen LogP contribution is -1.93. The monoisotopic (exact) mass is 440 g/mol. The van der Waals surface area contributed by atoms with E-state index in [0.29, 0.717) is 11.4 Å². The van der Waals surface area contributed by atoms with Gasteiger partial charge in [0.2, 0.25) is 0 Å². The van der Waals surface area contributed by atoms with E-state index in [2.05, 4.69) is 68.6 Å². The summed E-state index contributed by atoms with van der Waals surface area (Å²) in [5.41, 5.74) is 25.5. The lowest BCUT2D eigenvalue weighted by Gasteiger charge is -2.20. The van der Waals surface area contributed by atoms with Crippen LogP contribution in [0.1, 0.15) is 11.1 Å². The van der Waals surface area contributed by atoms with E-state index in [-0.39, 0.29) is 0 Å². The molecule has 6 nitrogen and oxygen atoms in total. The van der Waals surface area contributed by atoms with E-state index in [0.717, 1.165) is 54.9 Å². The molecule has 0 spiro atoms. The summed E-state index contributed by atoms with van der Waals surface area (Å²) in [4.78, 5) is 5.84. The van der Waals surface area contributed by atoms with Gasteiger partial charge in [0.1, 0.15) is 0 Å². The summed E-state index contributed by atoms with van der Waals surface area (Å²) in [6.07, 6.45) is 0. The number of aryl methyl sites for hydroxylation is 2. The third kappa shape index (κ3) is 3.50. The molecule has 0 aliphatic rings. The Bertz CT molecular complexity index is 1510. The van der Waals surface area contributed by atoms with Crippen molar-refractivity contribution >= 4 is 32.9 Å². The highest BCUT2D eigenvalue weighted by Crippen LogP contribution is 2.45. The Morgan fingerprint density at radius 2 is 0.882 bits per heavy atom. The van der Waals surface area contributed by atoms with E-state index >= 15 is 0 Å². The zero-order chi connectivity index (χ0) is 23.7. The number of azide groups is 2. The van der Waals surface area contributed by atoms with Gasteiger partial charge in [-0.25, -0.2) is 0 Å². The summed E-state index contributed by atoms with van der Waals surface area (Å²) in [6, 6.07) is 28.5. The SMILES string of the molecule is Cc1cc(N=[N+]=[N-])ccc1-c1c2ccccc2c(-c2ccc(N=[N+]=[N-])cc2C)c2ccccc12. The van der Waals surface area contributed by atoms with Crippen LogP contribution in [-0.4, -0.2) is 0 Å². The first-order valence-corrected chi connectivity index (χ1v) is 10.9. The van der Waals surface area contributed by atoms with Gasteiger partial charge in [-0.15, -0.1) is 0 Å². The van der Waals surface area contributed by atoms with Crippen LogP contribution in [0.4, 0.5) is 11.4 Å². The smallest absolute Gasteiger partial charge is 0.0378 e. The van der Waals surface area contributed by atoms with Crippen molar-refractivity contribution in [2.24, 2.45) is 10.2 Å². The van der Waals surface area contributed by atoms with Gasteiger partial charge in [0.25, 0.3) is 0 Å². The molecule has 5 rings (SSSR count). The molecule has 0 amide bonds. The van der Waals surface area contributed by atoms with Crippen molar-refractivity contribution in [2.45, 2.75) is 13.8 Å². The summed E-state index contributed by atoms with van der Waals surface area (Å²) < 4.78 is 0. The summed E-state index contributed by atoms with van der Waals surface area (Å²) in [5, 5.41) is 12.1. The molecule has 0 radical (unpaired) electrons. The van der Waals surface area contributed by atoms with Gasteiger partial charge in [-0.3, -0.25) is 0 Å². The average molecular weight is 441 g/mol. The molecule has 0 aliphatic heterocycles. The standard InChI is InChI=1S/C28H20N6/c1-17-15-19(31-33-29)11-13-21(17)27-23-7-3-5-9-25(23)28(26-10-6-4-8-24(26)27)22-14-12-20(32-34-30)16-18(22)2/h3-16H,1-2H3. The maximum Gasteiger partial charge on any atom is 0.0378 e. The van der Waals surface area contributed by atoms with Crippen molar-refractivity contribution in [1.82, 2.24) is 0 Å². The van der Waals surface area contributed by atoms with Crippen molar-refractivity contribution in [1.29, 1.82) is 0 Å². The van der Waals surface area contributed by atoms with Gasteiger partial charge < -0.3 is 0 Å². The molecule has 0 aromatic heterocycles. The highest BCUT2D eigenvalue weighted by Gasteiger charge is 2.18. The van der Waals surface area contributed by atoms with Crippen LogP contribution in [-0.2, 0) is 0 Å². The van der Waals surface area contributed by atoms with E-state index in [4.69, 9.17) is 11.1 Å². The normalized spacial score (nSPS) is 10.6. The number of hydrogen-bond donors (Lipinski definition) is 0. The fourth-order valence-electron chi connectivity index (χ4n) is 4.79. The minimum atomic E-state index is 0.602. The van der Waals surface area contributed by atoms with Gasteiger partial charge in [0.15, 0.2) is 0 Å². The van der Waals surface area contributed by atoms with E-state index in [9.17, 15) is 0 Å². The van der Waals surface area contributed by atoms with Gasteiger partial charge in [-0.05, 0) is 92.0 Å². The molecular formula is C28H20N6. The van der Waals surface area contributed by atoms with E-state index in [1.54, 1.807) is 0 Å². The predicted octanol–water partition coefficient (Wildman–Crippen LogP) is 9.83. The molecule has 0 aliphatic carbocycles. The van der Waals surface area contributed by atoms with E-state index in [1.807, 2.05) is 50.2 Å². The van der Waals surface area contributed by atoms with Crippen molar-refractivity contribution in [3.8, 4) is 22.3 Å². The fraction of sp³-hybridized carbons (Fsp3) is 0.0714. The molecular weight excluding hydrogens is 420 g/mol. The maximum absolute atomic E-state index is 8.82. The third-order valence-corrected chi connectivity index (χ3v) is 6.21. The summed E-state index contributed by atoms with van der Waals surface area (Å²) >= 11 is 0. The Morgan fingerprint density at radius 1 is 0.529 bits per heavy atom. The van der Waals surface area contributed by atoms with Gasteiger partial charge in [0, 0.05) is 21.2 Å². The number of nitrogens with zero attached hydrogens (tertiary/aromatic N) is 6. The molecule has 5 aromatic carbocycles. The molecule has 0 saturated carbocycles. The van der Waals surface area contributed by atoms with Crippen LogP contribution in [0.15, 0.2) is 95.2 Å². The van der Waals surface area contributed by atoms with Gasteiger partial charge >= 0.3 is 0 Å². The summed E-state index contributed by atoms with van der Waals surface area (Å²) in [6.45, 7) is 4.09. The number of fused-ring (bicyclic) bond motifs is 2. The van der Waals surface area contributed by atoms with E-state index < -0.39 is 0 Å². The minimum Gasteiger partial charge on any atom is -0.0616 e. The van der Waals surface area contributed by atoms with Gasteiger partial charge in [-0.1, -0.05) is 83.0 Å². The van der Waals surface area contributed by atoms with Crippen LogP contribution in [0.25, 0.3) is 64.7 Å². The van der Waals surface area contributed by atoms with Crippen LogP contribution in [0.3, 0.4) is 0 Å². The first-order chi connectivity index (χ1) is 16.6. The second kappa shape index (κ2) is 8.64. The molecule has 0 fully saturated rings. The van der Waals surface area contributed by atoms with Crippen molar-refractivity contribution < 1.29 is 0 Å². The molecule has 5 aromatic rings. The van der Waals surface area contributed by atoms with Gasteiger partial charge in [0.05, 0.1) is 0 Å². The number of hydrogen-bond acceptors (Lipinski definition) is 2. The average Bonchev–Trinajstić information content (AvgIpc) is 2.84. The van der Waals surface area contributed by atoms with Gasteiger partial charge in [-0.2, -0.15) is 0 Å². The quantitative estimate of drug-likeness (QED) is 0.115. The van der Waals surface area contributed by atoms with Crippen LogP contribution in [0.2, 0.25) is 0 Å². The Morgan fingerprint density at radius 3 is 1.18 bits per heavy atom. The largest absolute Gasteiger partial charge is 0.0616 e. The molecule has 6 heteroatoms. The molecule has 0 saturated heterocycles. The number of benzene rings is 5. The molecule has 162 valence electrons. The molecule has 0 atom stereocenters. The highest BCUT2D eigenvalue weighted by atomic mass is 15.1. The Balaban J connectivity index is 1.90. The first kappa shape index (κ1) is 21.1. The molecule has 0 bridgehead atoms. The van der Waals surface area contributed by atoms with Crippen LogP contribution in [0.5, 0.6) is 0 Å². The van der Waals surface area contributed by atoms with E-state index in [1.165, 1.54) is 0 Å². The van der Waals surface area contributed by atoms with Crippen molar-refractivity contribution in [3.05, 3.63) is 117 Å². The molecule has 0 unspecified atom stereocenters. The zero-order valence-electron chi connectivity index (χ0n) is 18.8. The lowest BCUT2D eigenvalue weighted by atomic mass is 9.84. The van der Waals surface area contributed by atoms with Crippen LogP contribution in [0, 0.1) is 13.8 Å². The van der Waals surface area contributed by atoms with Crippen molar-refractivity contribution in [2.75, 3.05) is 0 Å². The fourth-order valence-corrected chi connectivity index (χ4v) is 4.79. The maximum atomic E-state index is 8.82. The predicted molar refractivity (Wildman–Crippen MR) is 139 cm³/mol. The lowest BCUT2D eigenvalue weighted by molar-refractivity contribution is 1.40. The second-order valence-electron chi connectivity index (χ2n) is 8.22. The minimum absolute atomic E-state index is 0.602. The molecule has 34 heavy (non-hydrogen) atoms. The molecule has 0 heterocycles. The third-order valence-electron chi connectivity index (χ3n) is 6.21. The van der Waals surface area contributed by atoms with Crippen LogP contribution >= 0.6 is 0 Å². The topological polar surface area (TPSA) is 97.5 Å². The van der Waals surface area contributed by atoms with Crippen molar-refractivity contribution in [3.63, 3.8) is 0 Å². The molecule has 0 N–H and O–H groups in total. The second-order valence-corrected chi connectivity index (χ2v) is 8.22.